The van der Waals surface area contributed by atoms with Gasteiger partial charge >= 0.3 is 0 Å². The van der Waals surface area contributed by atoms with Gasteiger partial charge in [-0.2, -0.15) is 0 Å². The first-order valence-corrected chi connectivity index (χ1v) is 9.12. The van der Waals surface area contributed by atoms with Gasteiger partial charge < -0.3 is 15.5 Å². The monoisotopic (exact) mass is 478 g/mol. The number of nitrogens with zero attached hydrogens (tertiary/aromatic N) is 2. The van der Waals surface area contributed by atoms with Crippen LogP contribution in [0.2, 0.25) is 5.02 Å². The molecule has 2 N–H and O–H groups in total. The predicted molar refractivity (Wildman–Crippen MR) is 115 cm³/mol. The summed E-state index contributed by atoms with van der Waals surface area (Å²) in [6.45, 7) is 5.88. The van der Waals surface area contributed by atoms with Crippen LogP contribution in [-0.2, 0) is 11.2 Å². The summed E-state index contributed by atoms with van der Waals surface area (Å²) < 4.78 is 0. The quantitative estimate of drug-likeness (QED) is 0.360. The largest absolute Gasteiger partial charge is 0.357 e. The molecule has 0 aromatic heterocycles. The van der Waals surface area contributed by atoms with E-state index in [0.717, 1.165) is 62.0 Å². The lowest BCUT2D eigenvalue weighted by atomic mass is 10.1. The molecule has 1 fully saturated rings. The molecule has 140 valence electrons. The summed E-state index contributed by atoms with van der Waals surface area (Å²) >= 11 is 6.17. The number of carbonyl (C=O) groups is 1. The molecule has 25 heavy (non-hydrogen) atoms. The summed E-state index contributed by atoms with van der Waals surface area (Å²) in [4.78, 5) is 18.5. The molecule has 0 radical (unpaired) electrons. The average Bonchev–Trinajstić information content (AvgIpc) is 3.11. The number of halogens is 2. The van der Waals surface area contributed by atoms with Gasteiger partial charge in [0.1, 0.15) is 0 Å². The third-order valence-corrected chi connectivity index (χ3v) is 4.41. The van der Waals surface area contributed by atoms with Crippen molar-refractivity contribution in [3.8, 4) is 0 Å². The number of hydrogen-bond donors (Lipinski definition) is 2. The second kappa shape index (κ2) is 12.4. The maximum atomic E-state index is 12.0. The van der Waals surface area contributed by atoms with Crippen LogP contribution in [0, 0.1) is 0 Å². The van der Waals surface area contributed by atoms with Gasteiger partial charge in [-0.25, -0.2) is 0 Å². The fourth-order valence-electron chi connectivity index (χ4n) is 2.75. The van der Waals surface area contributed by atoms with E-state index < -0.39 is 0 Å². The molecule has 0 saturated carbocycles. The summed E-state index contributed by atoms with van der Waals surface area (Å²) in [5.41, 5.74) is 1.12. The van der Waals surface area contributed by atoms with Crippen molar-refractivity contribution in [1.82, 2.24) is 15.5 Å². The summed E-state index contributed by atoms with van der Waals surface area (Å²) in [6, 6.07) is 7.86. The Morgan fingerprint density at radius 3 is 2.64 bits per heavy atom. The molecule has 7 heteroatoms. The van der Waals surface area contributed by atoms with Gasteiger partial charge in [-0.15, -0.1) is 24.0 Å². The second-order valence-electron chi connectivity index (χ2n) is 5.87. The van der Waals surface area contributed by atoms with Gasteiger partial charge in [0.15, 0.2) is 5.96 Å². The summed E-state index contributed by atoms with van der Waals surface area (Å²) in [5.74, 6) is 0.960. The van der Waals surface area contributed by atoms with Gasteiger partial charge in [0.25, 0.3) is 0 Å². The summed E-state index contributed by atoms with van der Waals surface area (Å²) in [5, 5.41) is 7.29. The van der Waals surface area contributed by atoms with Crippen molar-refractivity contribution in [2.45, 2.75) is 32.6 Å². The van der Waals surface area contributed by atoms with Crippen molar-refractivity contribution in [3.63, 3.8) is 0 Å². The van der Waals surface area contributed by atoms with Crippen molar-refractivity contribution in [2.75, 3.05) is 32.7 Å². The van der Waals surface area contributed by atoms with Crippen molar-refractivity contribution in [3.05, 3.63) is 34.9 Å². The van der Waals surface area contributed by atoms with E-state index in [1.54, 1.807) is 0 Å². The number of likely N-dealkylation sites (tertiary alicyclic amines) is 1. The molecule has 0 aliphatic carbocycles. The Hall–Kier alpha value is -1.02. The van der Waals surface area contributed by atoms with Crippen LogP contribution >= 0.6 is 35.6 Å². The Morgan fingerprint density at radius 2 is 1.96 bits per heavy atom. The van der Waals surface area contributed by atoms with Crippen molar-refractivity contribution in [2.24, 2.45) is 4.99 Å². The number of rotatable bonds is 7. The average molecular weight is 479 g/mol. The third kappa shape index (κ3) is 7.81. The molecule has 0 atom stereocenters. The van der Waals surface area contributed by atoms with E-state index in [-0.39, 0.29) is 29.9 Å². The van der Waals surface area contributed by atoms with Gasteiger partial charge in [0, 0.05) is 37.6 Å². The highest BCUT2D eigenvalue weighted by atomic mass is 127. The minimum Gasteiger partial charge on any atom is -0.357 e. The molecular weight excluding hydrogens is 451 g/mol. The fraction of sp³-hybridized carbons (Fsp3) is 0.556. The van der Waals surface area contributed by atoms with E-state index in [1.165, 1.54) is 0 Å². The number of guanidine groups is 1. The Morgan fingerprint density at radius 1 is 1.24 bits per heavy atom. The topological polar surface area (TPSA) is 56.7 Å². The minimum absolute atomic E-state index is 0. The highest BCUT2D eigenvalue weighted by Crippen LogP contribution is 2.14. The van der Waals surface area contributed by atoms with Crippen LogP contribution in [0.4, 0.5) is 0 Å². The molecule has 1 amide bonds. The van der Waals surface area contributed by atoms with Crippen LogP contribution in [0.5, 0.6) is 0 Å². The fourth-order valence-corrected chi connectivity index (χ4v) is 2.98. The number of nitrogens with one attached hydrogen (secondary N) is 2. The van der Waals surface area contributed by atoms with E-state index in [2.05, 4.69) is 15.6 Å². The van der Waals surface area contributed by atoms with Crippen LogP contribution in [0.3, 0.4) is 0 Å². The first-order chi connectivity index (χ1) is 11.7. The second-order valence-corrected chi connectivity index (χ2v) is 6.27. The predicted octanol–water partition coefficient (Wildman–Crippen LogP) is 3.07. The highest BCUT2D eigenvalue weighted by Gasteiger charge is 2.16. The van der Waals surface area contributed by atoms with E-state index in [4.69, 9.17) is 11.6 Å². The van der Waals surface area contributed by atoms with Gasteiger partial charge in [-0.05, 0) is 37.8 Å². The molecule has 1 aromatic carbocycles. The molecule has 2 rings (SSSR count). The zero-order chi connectivity index (χ0) is 17.2. The zero-order valence-corrected chi connectivity index (χ0v) is 17.8. The first kappa shape index (κ1) is 22.0. The van der Waals surface area contributed by atoms with Crippen LogP contribution in [0.15, 0.2) is 29.3 Å². The Labute approximate surface area is 172 Å². The van der Waals surface area contributed by atoms with Crippen LogP contribution in [0.25, 0.3) is 0 Å². The smallest absolute Gasteiger partial charge is 0.224 e. The Kier molecular flexibility index (Phi) is 10.9. The Balaban J connectivity index is 0.00000312. The van der Waals surface area contributed by atoms with Crippen LogP contribution in [-0.4, -0.2) is 49.5 Å². The van der Waals surface area contributed by atoms with Crippen molar-refractivity contribution < 1.29 is 4.79 Å². The number of aliphatic imine (C=N–C) groups is 1. The molecule has 1 aliphatic rings. The number of hydrogen-bond acceptors (Lipinski definition) is 2. The maximum absolute atomic E-state index is 12.0. The van der Waals surface area contributed by atoms with E-state index in [0.29, 0.717) is 13.0 Å². The van der Waals surface area contributed by atoms with Crippen molar-refractivity contribution in [1.29, 1.82) is 0 Å². The molecule has 5 nitrogen and oxygen atoms in total. The molecule has 1 aromatic rings. The summed E-state index contributed by atoms with van der Waals surface area (Å²) in [7, 11) is 0. The molecule has 1 saturated heterocycles. The normalized spacial score (nSPS) is 14.2. The van der Waals surface area contributed by atoms with Crippen molar-refractivity contribution >= 4 is 47.4 Å². The lowest BCUT2D eigenvalue weighted by Crippen LogP contribution is -2.38. The lowest BCUT2D eigenvalue weighted by Gasteiger charge is -2.15. The first-order valence-electron chi connectivity index (χ1n) is 8.74. The van der Waals surface area contributed by atoms with Crippen LogP contribution < -0.4 is 10.6 Å². The van der Waals surface area contributed by atoms with Crippen LogP contribution in [0.1, 0.15) is 31.7 Å². The molecule has 1 heterocycles. The van der Waals surface area contributed by atoms with E-state index in [9.17, 15) is 4.79 Å². The number of benzene rings is 1. The molecule has 0 bridgehead atoms. The zero-order valence-electron chi connectivity index (χ0n) is 14.8. The third-order valence-electron chi connectivity index (χ3n) is 4.04. The standard InChI is InChI=1S/C18H27ClN4O.HI/c1-2-20-18(21-11-9-15-7-3-4-8-16(15)19)22-12-10-17(24)23-13-5-6-14-23;/h3-4,7-8H,2,5-6,9-14H2,1H3,(H2,20,21,22);1H. The minimum atomic E-state index is 0. The van der Waals surface area contributed by atoms with Gasteiger partial charge in [-0.1, -0.05) is 29.8 Å². The molecular formula is C18H28ClIN4O. The Bertz CT molecular complexity index is 562. The summed E-state index contributed by atoms with van der Waals surface area (Å²) in [6.07, 6.45) is 3.56. The van der Waals surface area contributed by atoms with E-state index in [1.807, 2.05) is 36.1 Å². The highest BCUT2D eigenvalue weighted by molar-refractivity contribution is 14.0. The lowest BCUT2D eigenvalue weighted by molar-refractivity contribution is -0.129. The molecule has 1 aliphatic heterocycles. The van der Waals surface area contributed by atoms with E-state index >= 15 is 0 Å². The van der Waals surface area contributed by atoms with Gasteiger partial charge in [0.2, 0.25) is 5.91 Å². The van der Waals surface area contributed by atoms with Gasteiger partial charge in [-0.3, -0.25) is 9.79 Å². The molecule has 0 spiro atoms. The SMILES string of the molecule is CCNC(=NCCC(=O)N1CCCC1)NCCc1ccccc1Cl.I. The number of amides is 1. The maximum Gasteiger partial charge on any atom is 0.224 e. The molecule has 0 unspecified atom stereocenters. The van der Waals surface area contributed by atoms with Gasteiger partial charge in [0.05, 0.1) is 6.54 Å². The number of carbonyl (C=O) groups excluding carboxylic acids is 1.